The van der Waals surface area contributed by atoms with Crippen LogP contribution in [0.5, 0.6) is 0 Å². The standard InChI is InChI=1S/C17H12FN3S/c1-11-16(12-4-6-13(18)7-5-12)17-19-9-8-14(21(17)20-11)15-3-2-10-22-15/h2-10H,1H3. The summed E-state index contributed by atoms with van der Waals surface area (Å²) in [5, 5.41) is 6.68. The van der Waals surface area contributed by atoms with Gasteiger partial charge in [0.05, 0.1) is 16.3 Å². The van der Waals surface area contributed by atoms with Crippen molar-refractivity contribution in [3.63, 3.8) is 0 Å². The number of fused-ring (bicyclic) bond motifs is 1. The Morgan fingerprint density at radius 3 is 2.64 bits per heavy atom. The number of benzene rings is 1. The normalized spacial score (nSPS) is 11.2. The SMILES string of the molecule is Cc1nn2c(-c3cccs3)ccnc2c1-c1ccc(F)cc1. The maximum absolute atomic E-state index is 13.2. The van der Waals surface area contributed by atoms with Crippen LogP contribution < -0.4 is 0 Å². The molecule has 0 unspecified atom stereocenters. The molecule has 0 atom stereocenters. The molecule has 0 bridgehead atoms. The molecule has 0 radical (unpaired) electrons. The first kappa shape index (κ1) is 13.2. The molecule has 1 aromatic carbocycles. The van der Waals surface area contributed by atoms with E-state index >= 15 is 0 Å². The molecule has 3 heterocycles. The molecule has 0 saturated heterocycles. The van der Waals surface area contributed by atoms with Crippen molar-refractivity contribution >= 4 is 17.0 Å². The Kier molecular flexibility index (Phi) is 3.01. The second-order valence-electron chi connectivity index (χ2n) is 5.01. The predicted molar refractivity (Wildman–Crippen MR) is 86.4 cm³/mol. The van der Waals surface area contributed by atoms with Crippen molar-refractivity contribution in [2.24, 2.45) is 0 Å². The van der Waals surface area contributed by atoms with E-state index in [1.54, 1.807) is 29.7 Å². The molecule has 0 aliphatic heterocycles. The van der Waals surface area contributed by atoms with Gasteiger partial charge in [-0.15, -0.1) is 11.3 Å². The highest BCUT2D eigenvalue weighted by atomic mass is 32.1. The zero-order valence-corrected chi connectivity index (χ0v) is 12.6. The third-order valence-electron chi connectivity index (χ3n) is 3.60. The van der Waals surface area contributed by atoms with Gasteiger partial charge in [0.15, 0.2) is 5.65 Å². The topological polar surface area (TPSA) is 30.2 Å². The summed E-state index contributed by atoms with van der Waals surface area (Å²) >= 11 is 1.67. The van der Waals surface area contributed by atoms with Gasteiger partial charge in [-0.1, -0.05) is 18.2 Å². The van der Waals surface area contributed by atoms with Crippen LogP contribution in [0.2, 0.25) is 0 Å². The Bertz CT molecular complexity index is 940. The molecule has 0 saturated carbocycles. The third kappa shape index (κ3) is 2.02. The van der Waals surface area contributed by atoms with E-state index in [1.165, 1.54) is 12.1 Å². The van der Waals surface area contributed by atoms with Gasteiger partial charge in [0.1, 0.15) is 5.82 Å². The van der Waals surface area contributed by atoms with Crippen molar-refractivity contribution in [2.75, 3.05) is 0 Å². The first-order valence-electron chi connectivity index (χ1n) is 6.88. The highest BCUT2D eigenvalue weighted by Gasteiger charge is 2.15. The fourth-order valence-electron chi connectivity index (χ4n) is 2.62. The van der Waals surface area contributed by atoms with Crippen molar-refractivity contribution < 1.29 is 4.39 Å². The summed E-state index contributed by atoms with van der Waals surface area (Å²) in [6.45, 7) is 1.95. The molecular weight excluding hydrogens is 297 g/mol. The van der Waals surface area contributed by atoms with Gasteiger partial charge in [-0.2, -0.15) is 5.10 Å². The molecule has 0 spiro atoms. The highest BCUT2D eigenvalue weighted by Crippen LogP contribution is 2.31. The number of hydrogen-bond donors (Lipinski definition) is 0. The van der Waals surface area contributed by atoms with Gasteiger partial charge in [-0.3, -0.25) is 0 Å². The molecule has 108 valence electrons. The van der Waals surface area contributed by atoms with E-state index in [9.17, 15) is 4.39 Å². The van der Waals surface area contributed by atoms with Gasteiger partial charge in [-0.05, 0) is 42.1 Å². The van der Waals surface area contributed by atoms with Crippen LogP contribution in [0.25, 0.3) is 27.3 Å². The molecular formula is C17H12FN3S. The number of nitrogens with zero attached hydrogens (tertiary/aromatic N) is 3. The highest BCUT2D eigenvalue weighted by molar-refractivity contribution is 7.13. The van der Waals surface area contributed by atoms with Crippen molar-refractivity contribution in [1.29, 1.82) is 0 Å². The summed E-state index contributed by atoms with van der Waals surface area (Å²) in [4.78, 5) is 5.62. The van der Waals surface area contributed by atoms with Crippen LogP contribution >= 0.6 is 11.3 Å². The van der Waals surface area contributed by atoms with E-state index in [4.69, 9.17) is 0 Å². The predicted octanol–water partition coefficient (Wildman–Crippen LogP) is 4.57. The second kappa shape index (κ2) is 5.03. The molecule has 0 N–H and O–H groups in total. The number of hydrogen-bond acceptors (Lipinski definition) is 3. The Hall–Kier alpha value is -2.53. The van der Waals surface area contributed by atoms with E-state index < -0.39 is 0 Å². The molecule has 4 aromatic rings. The van der Waals surface area contributed by atoms with E-state index in [0.717, 1.165) is 33.0 Å². The number of aromatic nitrogens is 3. The summed E-state index contributed by atoms with van der Waals surface area (Å²) in [7, 11) is 0. The first-order valence-corrected chi connectivity index (χ1v) is 7.76. The van der Waals surface area contributed by atoms with E-state index in [-0.39, 0.29) is 5.82 Å². The van der Waals surface area contributed by atoms with Crippen LogP contribution in [-0.2, 0) is 0 Å². The monoisotopic (exact) mass is 309 g/mol. The number of halogens is 1. The summed E-state index contributed by atoms with van der Waals surface area (Å²) in [5.41, 5.74) is 4.54. The zero-order valence-electron chi connectivity index (χ0n) is 11.8. The van der Waals surface area contributed by atoms with Gasteiger partial charge in [0.2, 0.25) is 0 Å². The average Bonchev–Trinajstić information content (AvgIpc) is 3.15. The van der Waals surface area contributed by atoms with E-state index in [0.29, 0.717) is 0 Å². The molecule has 5 heteroatoms. The Labute approximate surface area is 130 Å². The third-order valence-corrected chi connectivity index (χ3v) is 4.49. The minimum atomic E-state index is -0.245. The van der Waals surface area contributed by atoms with E-state index in [2.05, 4.69) is 16.1 Å². The summed E-state index contributed by atoms with van der Waals surface area (Å²) in [5.74, 6) is -0.245. The number of thiophene rings is 1. The average molecular weight is 309 g/mol. The Morgan fingerprint density at radius 1 is 1.09 bits per heavy atom. The lowest BCUT2D eigenvalue weighted by atomic mass is 10.1. The second-order valence-corrected chi connectivity index (χ2v) is 5.96. The Balaban J connectivity index is 1.99. The fraction of sp³-hybridized carbons (Fsp3) is 0.0588. The van der Waals surface area contributed by atoms with Crippen LogP contribution in [0.1, 0.15) is 5.69 Å². The summed E-state index contributed by atoms with van der Waals surface area (Å²) < 4.78 is 15.0. The minimum absolute atomic E-state index is 0.245. The van der Waals surface area contributed by atoms with Crippen molar-refractivity contribution in [2.45, 2.75) is 6.92 Å². The van der Waals surface area contributed by atoms with Crippen LogP contribution in [0.15, 0.2) is 54.0 Å². The van der Waals surface area contributed by atoms with Gasteiger partial charge in [0, 0.05) is 11.8 Å². The largest absolute Gasteiger partial charge is 0.236 e. The lowest BCUT2D eigenvalue weighted by Gasteiger charge is -2.03. The maximum Gasteiger partial charge on any atom is 0.163 e. The fourth-order valence-corrected chi connectivity index (χ4v) is 3.35. The molecule has 0 fully saturated rings. The van der Waals surface area contributed by atoms with Crippen molar-refractivity contribution in [3.8, 4) is 21.7 Å². The lowest BCUT2D eigenvalue weighted by Crippen LogP contribution is -1.94. The smallest absolute Gasteiger partial charge is 0.163 e. The van der Waals surface area contributed by atoms with Gasteiger partial charge in [0.25, 0.3) is 0 Å². The zero-order chi connectivity index (χ0) is 15.1. The van der Waals surface area contributed by atoms with Crippen LogP contribution in [0.4, 0.5) is 4.39 Å². The van der Waals surface area contributed by atoms with Crippen LogP contribution in [0, 0.1) is 12.7 Å². The molecule has 0 amide bonds. The van der Waals surface area contributed by atoms with Gasteiger partial charge >= 0.3 is 0 Å². The molecule has 3 nitrogen and oxygen atoms in total. The molecule has 0 aliphatic rings. The van der Waals surface area contributed by atoms with Crippen LogP contribution in [-0.4, -0.2) is 14.6 Å². The maximum atomic E-state index is 13.2. The van der Waals surface area contributed by atoms with Gasteiger partial charge in [-0.25, -0.2) is 13.9 Å². The quantitative estimate of drug-likeness (QED) is 0.543. The summed E-state index contributed by atoms with van der Waals surface area (Å²) in [6, 6.07) is 12.5. The molecule has 3 aromatic heterocycles. The summed E-state index contributed by atoms with van der Waals surface area (Å²) in [6.07, 6.45) is 1.79. The Morgan fingerprint density at radius 2 is 1.91 bits per heavy atom. The van der Waals surface area contributed by atoms with E-state index in [1.807, 2.05) is 29.0 Å². The van der Waals surface area contributed by atoms with Gasteiger partial charge < -0.3 is 0 Å². The lowest BCUT2D eigenvalue weighted by molar-refractivity contribution is 0.628. The van der Waals surface area contributed by atoms with Crippen LogP contribution in [0.3, 0.4) is 0 Å². The van der Waals surface area contributed by atoms with Crippen molar-refractivity contribution in [1.82, 2.24) is 14.6 Å². The van der Waals surface area contributed by atoms with Crippen molar-refractivity contribution in [3.05, 3.63) is 65.6 Å². The number of rotatable bonds is 2. The molecule has 0 aliphatic carbocycles. The molecule has 22 heavy (non-hydrogen) atoms. The number of aryl methyl sites for hydroxylation is 1. The first-order chi connectivity index (χ1) is 10.7. The minimum Gasteiger partial charge on any atom is -0.236 e. The molecule has 4 rings (SSSR count).